The van der Waals surface area contributed by atoms with Crippen molar-refractivity contribution in [3.63, 3.8) is 0 Å². The van der Waals surface area contributed by atoms with Crippen LogP contribution in [0.25, 0.3) is 0 Å². The number of H-pyrrole nitrogens is 1. The number of ether oxygens (including phenoxy) is 3. The summed E-state index contributed by atoms with van der Waals surface area (Å²) in [6, 6.07) is 5.34. The van der Waals surface area contributed by atoms with E-state index in [1.54, 1.807) is 12.1 Å². The summed E-state index contributed by atoms with van der Waals surface area (Å²) < 4.78 is 15.8. The van der Waals surface area contributed by atoms with Crippen LogP contribution in [-0.4, -0.2) is 30.4 Å². The van der Waals surface area contributed by atoms with Gasteiger partial charge in [0.1, 0.15) is 5.56 Å². The number of carbonyl (C=O) groups excluding carboxylic acids is 1. The Labute approximate surface area is 121 Å². The summed E-state index contributed by atoms with van der Waals surface area (Å²) in [5.74, 6) is 1.02. The number of rotatable bonds is 4. The van der Waals surface area contributed by atoms with Gasteiger partial charge in [0.25, 0.3) is 0 Å². The van der Waals surface area contributed by atoms with Crippen molar-refractivity contribution in [1.29, 1.82) is 0 Å². The van der Waals surface area contributed by atoms with E-state index in [1.807, 2.05) is 13.0 Å². The van der Waals surface area contributed by atoms with Crippen LogP contribution in [0.2, 0.25) is 0 Å². The fraction of sp³-hybridized carbons (Fsp3) is 0.286. The minimum atomic E-state index is -0.602. The molecule has 1 aliphatic rings. The van der Waals surface area contributed by atoms with Crippen molar-refractivity contribution in [2.75, 3.05) is 19.5 Å². The average molecular weight is 289 g/mol. The molecule has 7 heteroatoms. The van der Waals surface area contributed by atoms with Crippen LogP contribution in [0.1, 0.15) is 27.8 Å². The van der Waals surface area contributed by atoms with E-state index in [0.717, 1.165) is 5.69 Å². The zero-order chi connectivity index (χ0) is 15.0. The van der Waals surface area contributed by atoms with Gasteiger partial charge < -0.3 is 19.5 Å². The number of esters is 1. The van der Waals surface area contributed by atoms with Crippen LogP contribution < -0.4 is 14.8 Å². The molecular formula is C14H15N3O4. The van der Waals surface area contributed by atoms with Crippen molar-refractivity contribution in [2.45, 2.75) is 13.2 Å². The maximum atomic E-state index is 12.1. The number of nitrogens with one attached hydrogen (secondary N) is 2. The minimum absolute atomic E-state index is 0.376. The molecule has 110 valence electrons. The molecule has 2 heterocycles. The van der Waals surface area contributed by atoms with Crippen molar-refractivity contribution >= 4 is 11.8 Å². The van der Waals surface area contributed by atoms with Crippen LogP contribution in [-0.2, 0) is 4.74 Å². The molecule has 0 saturated heterocycles. The highest BCUT2D eigenvalue weighted by Crippen LogP contribution is 2.41. The van der Waals surface area contributed by atoms with Gasteiger partial charge in [0, 0.05) is 17.3 Å². The molecule has 1 aromatic heterocycles. The number of hydrogen-bond acceptors (Lipinski definition) is 6. The first-order valence-electron chi connectivity index (χ1n) is 6.38. The molecule has 0 saturated carbocycles. The summed E-state index contributed by atoms with van der Waals surface area (Å²) in [6.07, 6.45) is -0.602. The first-order chi connectivity index (χ1) is 10.1. The summed E-state index contributed by atoms with van der Waals surface area (Å²) >= 11 is 0. The normalized spacial score (nSPS) is 16.3. The van der Waals surface area contributed by atoms with Crippen LogP contribution >= 0.6 is 0 Å². The van der Waals surface area contributed by atoms with Crippen LogP contribution in [0.4, 0.5) is 5.82 Å². The van der Waals surface area contributed by atoms with E-state index in [1.165, 1.54) is 14.2 Å². The molecule has 0 aliphatic carbocycles. The average Bonchev–Trinajstić information content (AvgIpc) is 3.02. The fourth-order valence-corrected chi connectivity index (χ4v) is 2.33. The Bertz CT molecular complexity index is 696. The summed E-state index contributed by atoms with van der Waals surface area (Å²) in [7, 11) is 3.01. The standard InChI is InChI=1S/C14H15N3O4/c1-7-6-10(17-16-7)15-13-8-4-5-9(19-2)12(20-3)11(8)14(18)21-13/h4-6,13H,1-3H3,(H2,15,16,17)/t13-/m1/s1. The number of aryl methyl sites for hydroxylation is 1. The number of nitrogens with zero attached hydrogens (tertiary/aromatic N) is 1. The Balaban J connectivity index is 1.98. The molecule has 0 unspecified atom stereocenters. The van der Waals surface area contributed by atoms with E-state index in [4.69, 9.17) is 14.2 Å². The lowest BCUT2D eigenvalue weighted by Crippen LogP contribution is -2.10. The highest BCUT2D eigenvalue weighted by atomic mass is 16.6. The van der Waals surface area contributed by atoms with Gasteiger partial charge in [-0.25, -0.2) is 4.79 Å². The lowest BCUT2D eigenvalue weighted by molar-refractivity contribution is 0.0434. The lowest BCUT2D eigenvalue weighted by Gasteiger charge is -2.13. The third-order valence-corrected chi connectivity index (χ3v) is 3.27. The number of hydrogen-bond donors (Lipinski definition) is 2. The molecule has 7 nitrogen and oxygen atoms in total. The molecule has 0 radical (unpaired) electrons. The summed E-state index contributed by atoms with van der Waals surface area (Å²) in [5, 5.41) is 9.95. The van der Waals surface area contributed by atoms with Crippen LogP contribution in [0, 0.1) is 6.92 Å². The van der Waals surface area contributed by atoms with Gasteiger partial charge in [-0.2, -0.15) is 5.10 Å². The minimum Gasteiger partial charge on any atom is -0.493 e. The highest BCUT2D eigenvalue weighted by molar-refractivity contribution is 5.98. The van der Waals surface area contributed by atoms with Gasteiger partial charge in [-0.3, -0.25) is 5.10 Å². The van der Waals surface area contributed by atoms with E-state index in [0.29, 0.717) is 28.4 Å². The van der Waals surface area contributed by atoms with E-state index in [2.05, 4.69) is 15.5 Å². The largest absolute Gasteiger partial charge is 0.493 e. The number of aromatic nitrogens is 2. The topological polar surface area (TPSA) is 85.5 Å². The van der Waals surface area contributed by atoms with Crippen molar-refractivity contribution < 1.29 is 19.0 Å². The first kappa shape index (κ1) is 13.3. The highest BCUT2D eigenvalue weighted by Gasteiger charge is 2.36. The quantitative estimate of drug-likeness (QED) is 0.837. The molecule has 1 atom stereocenters. The van der Waals surface area contributed by atoms with Gasteiger partial charge in [0.15, 0.2) is 17.3 Å². The number of benzene rings is 1. The number of methoxy groups -OCH3 is 2. The van der Waals surface area contributed by atoms with Crippen molar-refractivity contribution in [1.82, 2.24) is 10.2 Å². The van der Waals surface area contributed by atoms with Gasteiger partial charge in [-0.15, -0.1) is 0 Å². The maximum absolute atomic E-state index is 12.1. The fourth-order valence-electron chi connectivity index (χ4n) is 2.33. The zero-order valence-corrected chi connectivity index (χ0v) is 11.9. The molecule has 1 aromatic carbocycles. The molecule has 2 N–H and O–H groups in total. The predicted octanol–water partition coefficient (Wildman–Crippen LogP) is 2.02. The Morgan fingerprint density at radius 3 is 2.76 bits per heavy atom. The summed E-state index contributed by atoms with van der Waals surface area (Å²) in [6.45, 7) is 1.89. The second-order valence-corrected chi connectivity index (χ2v) is 4.63. The van der Waals surface area contributed by atoms with Crippen molar-refractivity contribution in [3.8, 4) is 11.5 Å². The first-order valence-corrected chi connectivity index (χ1v) is 6.38. The van der Waals surface area contributed by atoms with Gasteiger partial charge in [-0.1, -0.05) is 0 Å². The predicted molar refractivity (Wildman–Crippen MR) is 74.6 cm³/mol. The monoisotopic (exact) mass is 289 g/mol. The van der Waals surface area contributed by atoms with Gasteiger partial charge in [0.05, 0.1) is 14.2 Å². The third kappa shape index (κ3) is 2.16. The van der Waals surface area contributed by atoms with Crippen LogP contribution in [0.3, 0.4) is 0 Å². The number of carbonyl (C=O) groups is 1. The van der Waals surface area contributed by atoms with Gasteiger partial charge >= 0.3 is 5.97 Å². The zero-order valence-electron chi connectivity index (χ0n) is 11.9. The van der Waals surface area contributed by atoms with Gasteiger partial charge in [0.2, 0.25) is 6.23 Å². The SMILES string of the molecule is COc1ccc2c(c1OC)C(=O)O[C@H]2Nc1cc(C)[nH]n1. The molecule has 0 spiro atoms. The van der Waals surface area contributed by atoms with Crippen molar-refractivity contribution in [2.24, 2.45) is 0 Å². The second-order valence-electron chi connectivity index (χ2n) is 4.63. The van der Waals surface area contributed by atoms with Crippen molar-refractivity contribution in [3.05, 3.63) is 35.0 Å². The number of cyclic esters (lactones) is 1. The second kappa shape index (κ2) is 5.01. The summed E-state index contributed by atoms with van der Waals surface area (Å²) in [4.78, 5) is 12.1. The Hall–Kier alpha value is -2.70. The molecule has 0 amide bonds. The molecule has 1 aliphatic heterocycles. The molecule has 0 bridgehead atoms. The van der Waals surface area contributed by atoms with E-state index >= 15 is 0 Å². The molecule has 2 aromatic rings. The lowest BCUT2D eigenvalue weighted by atomic mass is 10.1. The van der Waals surface area contributed by atoms with E-state index in [9.17, 15) is 4.79 Å². The number of fused-ring (bicyclic) bond motifs is 1. The maximum Gasteiger partial charge on any atom is 0.344 e. The third-order valence-electron chi connectivity index (χ3n) is 3.27. The Kier molecular flexibility index (Phi) is 3.17. The molecular weight excluding hydrogens is 274 g/mol. The number of anilines is 1. The molecule has 0 fully saturated rings. The number of aromatic amines is 1. The Morgan fingerprint density at radius 2 is 2.14 bits per heavy atom. The smallest absolute Gasteiger partial charge is 0.344 e. The molecule has 21 heavy (non-hydrogen) atoms. The van der Waals surface area contributed by atoms with E-state index in [-0.39, 0.29) is 0 Å². The van der Waals surface area contributed by atoms with Gasteiger partial charge in [-0.05, 0) is 19.1 Å². The van der Waals surface area contributed by atoms with Crippen LogP contribution in [0.5, 0.6) is 11.5 Å². The van der Waals surface area contributed by atoms with E-state index < -0.39 is 12.2 Å². The molecule has 3 rings (SSSR count). The summed E-state index contributed by atoms with van der Waals surface area (Å²) in [5.41, 5.74) is 1.98. The van der Waals surface area contributed by atoms with Crippen LogP contribution in [0.15, 0.2) is 18.2 Å². The Morgan fingerprint density at radius 1 is 1.33 bits per heavy atom.